The summed E-state index contributed by atoms with van der Waals surface area (Å²) in [4.78, 5) is 26.0. The second-order valence-corrected chi connectivity index (χ2v) is 7.45. The monoisotopic (exact) mass is 408 g/mol. The molecule has 0 amide bonds. The molecule has 0 bridgehead atoms. The van der Waals surface area contributed by atoms with Crippen molar-refractivity contribution in [3.05, 3.63) is 107 Å². The molecule has 0 unspecified atom stereocenters. The zero-order valence-electron chi connectivity index (χ0n) is 15.8. The second-order valence-electron chi connectivity index (χ2n) is 7.04. The van der Waals surface area contributed by atoms with Gasteiger partial charge in [-0.25, -0.2) is 0 Å². The number of fused-ring (bicyclic) bond motifs is 3. The number of ketones is 2. The van der Waals surface area contributed by atoms with Crippen molar-refractivity contribution >= 4 is 51.0 Å². The van der Waals surface area contributed by atoms with Crippen molar-refractivity contribution in [2.75, 3.05) is 10.6 Å². The van der Waals surface area contributed by atoms with Gasteiger partial charge in [-0.1, -0.05) is 72.8 Å². The van der Waals surface area contributed by atoms with Crippen LogP contribution in [0.1, 0.15) is 31.8 Å². The van der Waals surface area contributed by atoms with Crippen LogP contribution >= 0.6 is 12.2 Å². The molecular weight excluding hydrogens is 392 g/mol. The molecule has 0 heterocycles. The Balaban J connectivity index is 1.48. The van der Waals surface area contributed by atoms with Crippen molar-refractivity contribution in [1.82, 2.24) is 0 Å². The number of hydrogen-bond acceptors (Lipinski definition) is 3. The number of benzene rings is 4. The lowest BCUT2D eigenvalue weighted by Crippen LogP contribution is -2.25. The quantitative estimate of drug-likeness (QED) is 0.382. The maximum Gasteiger partial charge on any atom is 0.196 e. The molecular formula is C25H16N2O2S. The van der Waals surface area contributed by atoms with Crippen LogP contribution in [-0.2, 0) is 0 Å². The van der Waals surface area contributed by atoms with Gasteiger partial charge in [-0.3, -0.25) is 9.59 Å². The lowest BCUT2D eigenvalue weighted by Gasteiger charge is -2.21. The number of carbonyl (C=O) groups excluding carboxylic acids is 2. The zero-order valence-corrected chi connectivity index (χ0v) is 16.6. The molecule has 5 rings (SSSR count). The van der Waals surface area contributed by atoms with E-state index < -0.39 is 0 Å². The minimum atomic E-state index is -0.184. The Morgan fingerprint density at radius 1 is 0.600 bits per heavy atom. The van der Waals surface area contributed by atoms with Gasteiger partial charge in [0.1, 0.15) is 0 Å². The van der Waals surface area contributed by atoms with Gasteiger partial charge in [0.2, 0.25) is 0 Å². The van der Waals surface area contributed by atoms with Crippen molar-refractivity contribution in [3.8, 4) is 0 Å². The Hall–Kier alpha value is -3.83. The topological polar surface area (TPSA) is 58.2 Å². The van der Waals surface area contributed by atoms with Crippen LogP contribution in [0.2, 0.25) is 0 Å². The predicted molar refractivity (Wildman–Crippen MR) is 124 cm³/mol. The minimum absolute atomic E-state index is 0.156. The molecule has 0 saturated heterocycles. The highest BCUT2D eigenvalue weighted by Gasteiger charge is 2.31. The first-order chi connectivity index (χ1) is 14.6. The first-order valence-corrected chi connectivity index (χ1v) is 9.91. The molecule has 144 valence electrons. The highest BCUT2D eigenvalue weighted by atomic mass is 32.1. The molecule has 0 aliphatic heterocycles. The molecule has 4 aromatic carbocycles. The van der Waals surface area contributed by atoms with E-state index in [1.807, 2.05) is 42.5 Å². The predicted octanol–water partition coefficient (Wildman–Crippen LogP) is 5.42. The highest BCUT2D eigenvalue weighted by Crippen LogP contribution is 2.32. The lowest BCUT2D eigenvalue weighted by molar-refractivity contribution is 0.0979. The van der Waals surface area contributed by atoms with Crippen molar-refractivity contribution in [3.63, 3.8) is 0 Å². The number of anilines is 2. The second kappa shape index (κ2) is 7.21. The van der Waals surface area contributed by atoms with E-state index in [9.17, 15) is 9.59 Å². The fourth-order valence-electron chi connectivity index (χ4n) is 3.86. The summed E-state index contributed by atoms with van der Waals surface area (Å²) in [7, 11) is 0. The lowest BCUT2D eigenvalue weighted by atomic mass is 9.83. The van der Waals surface area contributed by atoms with E-state index in [2.05, 4.69) is 10.6 Å². The van der Waals surface area contributed by atoms with Crippen LogP contribution in [-0.4, -0.2) is 16.7 Å². The third-order valence-electron chi connectivity index (χ3n) is 5.24. The first-order valence-electron chi connectivity index (χ1n) is 9.51. The van der Waals surface area contributed by atoms with Crippen LogP contribution in [0.3, 0.4) is 0 Å². The molecule has 0 radical (unpaired) electrons. The molecule has 1 aliphatic rings. The molecule has 4 aromatic rings. The van der Waals surface area contributed by atoms with E-state index in [-0.39, 0.29) is 11.6 Å². The van der Waals surface area contributed by atoms with E-state index in [0.717, 1.165) is 16.5 Å². The van der Waals surface area contributed by atoms with Gasteiger partial charge in [0.25, 0.3) is 0 Å². The first kappa shape index (κ1) is 18.2. The maximum atomic E-state index is 13.1. The molecule has 0 spiro atoms. The number of carbonyl (C=O) groups is 2. The van der Waals surface area contributed by atoms with Gasteiger partial charge < -0.3 is 10.6 Å². The Labute approximate surface area is 178 Å². The molecule has 4 nitrogen and oxygen atoms in total. The molecule has 5 heteroatoms. The summed E-state index contributed by atoms with van der Waals surface area (Å²) >= 11 is 5.51. The van der Waals surface area contributed by atoms with Crippen LogP contribution < -0.4 is 10.6 Å². The van der Waals surface area contributed by atoms with Gasteiger partial charge in [-0.15, -0.1) is 0 Å². The standard InChI is InChI=1S/C25H16N2O2S/c28-23-17-10-3-4-11-18(17)24(29)22-19(23)12-6-14-21(22)27-25(30)26-20-13-5-8-15-7-1-2-9-16(15)20/h1-14H,(H2,26,27,30). The van der Waals surface area contributed by atoms with Gasteiger partial charge in [-0.05, 0) is 29.7 Å². The number of nitrogens with one attached hydrogen (secondary N) is 2. The smallest absolute Gasteiger partial charge is 0.196 e. The van der Waals surface area contributed by atoms with Gasteiger partial charge in [-0.2, -0.15) is 0 Å². The Bertz CT molecular complexity index is 1360. The Morgan fingerprint density at radius 2 is 1.17 bits per heavy atom. The molecule has 0 saturated carbocycles. The third-order valence-corrected chi connectivity index (χ3v) is 5.44. The van der Waals surface area contributed by atoms with E-state index in [1.54, 1.807) is 42.5 Å². The Morgan fingerprint density at radius 3 is 2.00 bits per heavy atom. The summed E-state index contributed by atoms with van der Waals surface area (Å²) in [6.07, 6.45) is 0. The summed E-state index contributed by atoms with van der Waals surface area (Å²) < 4.78 is 0. The van der Waals surface area contributed by atoms with Crippen molar-refractivity contribution in [1.29, 1.82) is 0 Å². The van der Waals surface area contributed by atoms with Gasteiger partial charge >= 0.3 is 0 Å². The van der Waals surface area contributed by atoms with Gasteiger partial charge in [0.15, 0.2) is 16.7 Å². The molecule has 2 N–H and O–H groups in total. The minimum Gasteiger partial charge on any atom is -0.332 e. The van der Waals surface area contributed by atoms with Gasteiger partial charge in [0, 0.05) is 27.8 Å². The molecule has 0 fully saturated rings. The summed E-state index contributed by atoms with van der Waals surface area (Å²) in [6, 6.07) is 26.0. The largest absolute Gasteiger partial charge is 0.332 e. The SMILES string of the molecule is O=C1c2ccccc2C(=O)c2c(NC(=S)Nc3cccc4ccccc34)cccc21. The molecule has 30 heavy (non-hydrogen) atoms. The number of hydrogen-bond donors (Lipinski definition) is 2. The zero-order chi connectivity index (χ0) is 20.7. The molecule has 0 aromatic heterocycles. The van der Waals surface area contributed by atoms with Crippen LogP contribution in [0.25, 0.3) is 10.8 Å². The van der Waals surface area contributed by atoms with Crippen molar-refractivity contribution in [2.24, 2.45) is 0 Å². The average molecular weight is 408 g/mol. The summed E-state index contributed by atoms with van der Waals surface area (Å²) in [5, 5.41) is 8.81. The third kappa shape index (κ3) is 2.96. The summed E-state index contributed by atoms with van der Waals surface area (Å²) in [6.45, 7) is 0. The maximum absolute atomic E-state index is 13.1. The normalized spacial score (nSPS) is 12.3. The van der Waals surface area contributed by atoms with Crippen molar-refractivity contribution in [2.45, 2.75) is 0 Å². The molecule has 1 aliphatic carbocycles. The van der Waals surface area contributed by atoms with E-state index in [1.165, 1.54) is 0 Å². The van der Waals surface area contributed by atoms with Crippen molar-refractivity contribution < 1.29 is 9.59 Å². The fraction of sp³-hybridized carbons (Fsp3) is 0. The molecule has 0 atom stereocenters. The average Bonchev–Trinajstić information content (AvgIpc) is 2.77. The number of rotatable bonds is 2. The van der Waals surface area contributed by atoms with E-state index >= 15 is 0 Å². The highest BCUT2D eigenvalue weighted by molar-refractivity contribution is 7.80. The van der Waals surface area contributed by atoms with Crippen LogP contribution in [0.15, 0.2) is 84.9 Å². The van der Waals surface area contributed by atoms with Crippen LogP contribution in [0.5, 0.6) is 0 Å². The van der Waals surface area contributed by atoms with Crippen LogP contribution in [0.4, 0.5) is 11.4 Å². The number of thiocarbonyl (C=S) groups is 1. The summed E-state index contributed by atoms with van der Waals surface area (Å²) in [5.41, 5.74) is 2.96. The van der Waals surface area contributed by atoms with E-state index in [4.69, 9.17) is 12.2 Å². The summed E-state index contributed by atoms with van der Waals surface area (Å²) in [5.74, 6) is -0.340. The fourth-order valence-corrected chi connectivity index (χ4v) is 4.08. The van der Waals surface area contributed by atoms with E-state index in [0.29, 0.717) is 33.1 Å². The van der Waals surface area contributed by atoms with Crippen LogP contribution in [0, 0.1) is 0 Å². The Kier molecular flexibility index (Phi) is 4.38. The van der Waals surface area contributed by atoms with Gasteiger partial charge in [0.05, 0.1) is 11.3 Å².